The Morgan fingerprint density at radius 1 is 1.40 bits per heavy atom. The second-order valence-corrected chi connectivity index (χ2v) is 6.52. The molecule has 0 radical (unpaired) electrons. The minimum atomic E-state index is 0.0947. The maximum absolute atomic E-state index is 6.12. The van der Waals surface area contributed by atoms with Crippen molar-refractivity contribution in [3.05, 3.63) is 35.2 Å². The fraction of sp³-hybridized carbons (Fsp3) is 0.667. The fourth-order valence-corrected chi connectivity index (χ4v) is 3.80. The van der Waals surface area contributed by atoms with E-state index in [2.05, 4.69) is 59.1 Å². The molecule has 0 saturated heterocycles. The van der Waals surface area contributed by atoms with Gasteiger partial charge in [0.1, 0.15) is 0 Å². The fourth-order valence-electron chi connectivity index (χ4n) is 3.48. The Morgan fingerprint density at radius 3 is 2.40 bits per heavy atom. The summed E-state index contributed by atoms with van der Waals surface area (Å²) < 4.78 is 0. The van der Waals surface area contributed by atoms with Crippen molar-refractivity contribution in [2.45, 2.75) is 66.3 Å². The molecule has 1 rings (SSSR count). The number of alkyl halides is 1. The number of allylic oxidation sites excluding steroid dienone is 3. The summed E-state index contributed by atoms with van der Waals surface area (Å²) in [5.74, 6) is 1.22. The number of hydrogen-bond acceptors (Lipinski definition) is 1. The van der Waals surface area contributed by atoms with Crippen molar-refractivity contribution >= 4 is 11.6 Å². The Morgan fingerprint density at radius 2 is 2.00 bits per heavy atom. The average molecular weight is 296 g/mol. The van der Waals surface area contributed by atoms with Crippen LogP contribution in [0.3, 0.4) is 0 Å². The van der Waals surface area contributed by atoms with E-state index in [0.717, 1.165) is 25.0 Å². The summed E-state index contributed by atoms with van der Waals surface area (Å²) in [7, 11) is 0. The van der Waals surface area contributed by atoms with Gasteiger partial charge in [0, 0.05) is 17.3 Å². The van der Waals surface area contributed by atoms with Gasteiger partial charge in [-0.05, 0) is 50.7 Å². The van der Waals surface area contributed by atoms with Crippen LogP contribution in [0.2, 0.25) is 0 Å². The monoisotopic (exact) mass is 295 g/mol. The molecule has 0 unspecified atom stereocenters. The van der Waals surface area contributed by atoms with Crippen molar-refractivity contribution < 1.29 is 0 Å². The van der Waals surface area contributed by atoms with Gasteiger partial charge in [-0.1, -0.05) is 39.8 Å². The summed E-state index contributed by atoms with van der Waals surface area (Å²) in [6.07, 6.45) is 5.46. The minimum Gasteiger partial charge on any atom is -0.335 e. The molecule has 1 atom stereocenters. The van der Waals surface area contributed by atoms with Gasteiger partial charge < -0.3 is 4.90 Å². The van der Waals surface area contributed by atoms with Gasteiger partial charge in [0.25, 0.3) is 0 Å². The van der Waals surface area contributed by atoms with Gasteiger partial charge in [0.05, 0.1) is 5.54 Å². The van der Waals surface area contributed by atoms with Crippen LogP contribution in [0.4, 0.5) is 0 Å². The molecule has 0 N–H and O–H groups in total. The van der Waals surface area contributed by atoms with Gasteiger partial charge in [0.2, 0.25) is 0 Å². The molecule has 20 heavy (non-hydrogen) atoms. The lowest BCUT2D eigenvalue weighted by Gasteiger charge is -2.58. The van der Waals surface area contributed by atoms with Gasteiger partial charge in [-0.3, -0.25) is 0 Å². The molecule has 0 amide bonds. The molecule has 1 aliphatic heterocycles. The van der Waals surface area contributed by atoms with E-state index < -0.39 is 0 Å². The Bertz CT molecular complexity index is 423. The smallest absolute Gasteiger partial charge is 0.0687 e. The first-order valence-corrected chi connectivity index (χ1v) is 8.30. The normalized spacial score (nSPS) is 23.4. The molecular formula is C18H30ClN. The maximum atomic E-state index is 6.12. The third-order valence-electron chi connectivity index (χ3n) is 4.63. The first-order chi connectivity index (χ1) is 9.37. The SMILES string of the molecule is C=C(/C(C)=C/C)N1C(C(C)C)=C(C)[C@@]1(CCC)CCCl. The average Bonchev–Trinajstić information content (AvgIpc) is 2.41. The van der Waals surface area contributed by atoms with Crippen molar-refractivity contribution in [3.8, 4) is 0 Å². The van der Waals surface area contributed by atoms with E-state index in [-0.39, 0.29) is 5.54 Å². The second-order valence-electron chi connectivity index (χ2n) is 6.14. The van der Waals surface area contributed by atoms with Crippen LogP contribution in [0, 0.1) is 5.92 Å². The molecule has 114 valence electrons. The van der Waals surface area contributed by atoms with E-state index in [1.165, 1.54) is 16.8 Å². The lowest BCUT2D eigenvalue weighted by atomic mass is 9.70. The highest BCUT2D eigenvalue weighted by molar-refractivity contribution is 6.17. The number of hydrogen-bond donors (Lipinski definition) is 0. The quantitative estimate of drug-likeness (QED) is 0.419. The number of nitrogens with zero attached hydrogens (tertiary/aromatic N) is 1. The van der Waals surface area contributed by atoms with E-state index in [0.29, 0.717) is 11.8 Å². The van der Waals surface area contributed by atoms with Crippen LogP contribution in [0.25, 0.3) is 0 Å². The first-order valence-electron chi connectivity index (χ1n) is 7.77. The zero-order valence-corrected chi connectivity index (χ0v) is 14.8. The van der Waals surface area contributed by atoms with Crippen LogP contribution in [0.1, 0.15) is 60.8 Å². The van der Waals surface area contributed by atoms with Crippen molar-refractivity contribution in [1.29, 1.82) is 0 Å². The molecule has 0 aliphatic carbocycles. The molecule has 0 bridgehead atoms. The van der Waals surface area contributed by atoms with Crippen LogP contribution >= 0.6 is 11.6 Å². The molecule has 1 heterocycles. The molecule has 0 aromatic heterocycles. The summed E-state index contributed by atoms with van der Waals surface area (Å²) in [5.41, 5.74) is 5.44. The van der Waals surface area contributed by atoms with E-state index in [4.69, 9.17) is 11.6 Å². The van der Waals surface area contributed by atoms with Crippen LogP contribution in [0.5, 0.6) is 0 Å². The molecule has 1 nitrogen and oxygen atoms in total. The van der Waals surface area contributed by atoms with E-state index in [1.807, 2.05) is 0 Å². The molecular weight excluding hydrogens is 266 g/mol. The predicted molar refractivity (Wildman–Crippen MR) is 90.9 cm³/mol. The van der Waals surface area contributed by atoms with Crippen molar-refractivity contribution in [2.24, 2.45) is 5.92 Å². The Hall–Kier alpha value is -0.690. The lowest BCUT2D eigenvalue weighted by molar-refractivity contribution is 0.120. The zero-order valence-electron chi connectivity index (χ0n) is 14.0. The van der Waals surface area contributed by atoms with Crippen LogP contribution in [-0.2, 0) is 0 Å². The maximum Gasteiger partial charge on any atom is 0.0687 e. The summed E-state index contributed by atoms with van der Waals surface area (Å²) in [5, 5.41) is 0. The van der Waals surface area contributed by atoms with E-state index in [9.17, 15) is 0 Å². The van der Waals surface area contributed by atoms with Crippen molar-refractivity contribution in [2.75, 3.05) is 5.88 Å². The predicted octanol–water partition coefficient (Wildman–Crippen LogP) is 5.88. The minimum absolute atomic E-state index is 0.0947. The number of halogens is 1. The third kappa shape index (κ3) is 2.70. The van der Waals surface area contributed by atoms with Crippen molar-refractivity contribution in [3.63, 3.8) is 0 Å². The Kier molecular flexibility index (Phi) is 5.94. The first kappa shape index (κ1) is 17.4. The van der Waals surface area contributed by atoms with Crippen LogP contribution in [-0.4, -0.2) is 16.3 Å². The molecule has 2 heteroatoms. The van der Waals surface area contributed by atoms with Gasteiger partial charge in [-0.2, -0.15) is 0 Å². The van der Waals surface area contributed by atoms with Gasteiger partial charge in [-0.15, -0.1) is 11.6 Å². The second kappa shape index (κ2) is 6.85. The Balaban J connectivity index is 3.30. The van der Waals surface area contributed by atoms with Crippen LogP contribution < -0.4 is 0 Å². The topological polar surface area (TPSA) is 3.24 Å². The van der Waals surface area contributed by atoms with E-state index >= 15 is 0 Å². The molecule has 0 aromatic carbocycles. The third-order valence-corrected chi connectivity index (χ3v) is 4.82. The highest BCUT2D eigenvalue weighted by Gasteiger charge is 2.49. The molecule has 0 spiro atoms. The van der Waals surface area contributed by atoms with Gasteiger partial charge >= 0.3 is 0 Å². The molecule has 0 fully saturated rings. The molecule has 0 saturated carbocycles. The lowest BCUT2D eigenvalue weighted by Crippen LogP contribution is -2.58. The van der Waals surface area contributed by atoms with Crippen LogP contribution in [0.15, 0.2) is 35.2 Å². The molecule has 0 aromatic rings. The van der Waals surface area contributed by atoms with Gasteiger partial charge in [-0.25, -0.2) is 0 Å². The summed E-state index contributed by atoms with van der Waals surface area (Å²) in [6.45, 7) is 17.6. The summed E-state index contributed by atoms with van der Waals surface area (Å²) in [6, 6.07) is 0. The zero-order chi connectivity index (χ0) is 15.5. The largest absolute Gasteiger partial charge is 0.335 e. The number of rotatable bonds is 7. The van der Waals surface area contributed by atoms with E-state index in [1.54, 1.807) is 0 Å². The Labute approximate surface area is 130 Å². The summed E-state index contributed by atoms with van der Waals surface area (Å²) >= 11 is 6.12. The standard InChI is InChI=1S/C18H30ClN/c1-8-10-18(11-12-19)15(6)17(13(3)4)20(18)16(7)14(5)9-2/h9,13H,7-8,10-12H2,1-6H3/b14-9+/t18-/m1/s1. The highest BCUT2D eigenvalue weighted by atomic mass is 35.5. The summed E-state index contributed by atoms with van der Waals surface area (Å²) in [4.78, 5) is 2.48. The molecule has 1 aliphatic rings. The van der Waals surface area contributed by atoms with Gasteiger partial charge in [0.15, 0.2) is 0 Å². The highest BCUT2D eigenvalue weighted by Crippen LogP contribution is 2.52. The van der Waals surface area contributed by atoms with Crippen molar-refractivity contribution in [1.82, 2.24) is 4.90 Å².